The summed E-state index contributed by atoms with van der Waals surface area (Å²) < 4.78 is 31.5. The van der Waals surface area contributed by atoms with Gasteiger partial charge in [-0.3, -0.25) is 0 Å². The van der Waals surface area contributed by atoms with E-state index in [2.05, 4.69) is 5.32 Å². The summed E-state index contributed by atoms with van der Waals surface area (Å²) in [4.78, 5) is 0. The summed E-state index contributed by atoms with van der Waals surface area (Å²) in [7, 11) is 1.65. The third kappa shape index (κ3) is 4.35. The molecule has 0 aliphatic rings. The Bertz CT molecular complexity index is 380. The number of ether oxygens (including phenoxy) is 1. The molecule has 0 radical (unpaired) electrons. The van der Waals surface area contributed by atoms with Gasteiger partial charge in [0.2, 0.25) is 0 Å². The Morgan fingerprint density at radius 1 is 1.22 bits per heavy atom. The summed E-state index contributed by atoms with van der Waals surface area (Å²) in [6, 6.07) is 3.77. The molecule has 0 spiro atoms. The molecule has 0 heterocycles. The molecule has 0 aliphatic carbocycles. The lowest BCUT2D eigenvalue weighted by Crippen LogP contribution is -2.28. The van der Waals surface area contributed by atoms with Crippen molar-refractivity contribution in [2.75, 3.05) is 26.8 Å². The van der Waals surface area contributed by atoms with Gasteiger partial charge in [-0.25, -0.2) is 8.78 Å². The molecule has 0 atom stereocenters. The van der Waals surface area contributed by atoms with Gasteiger partial charge in [0, 0.05) is 19.7 Å². The predicted molar refractivity (Wildman–Crippen MR) is 68.7 cm³/mol. The van der Waals surface area contributed by atoms with Gasteiger partial charge in [0.25, 0.3) is 0 Å². The molecular formula is C14H21F2NO. The highest BCUT2D eigenvalue weighted by Crippen LogP contribution is 2.29. The molecule has 1 aromatic carbocycles. The molecule has 0 amide bonds. The zero-order valence-corrected chi connectivity index (χ0v) is 11.2. The number of hydrogen-bond acceptors (Lipinski definition) is 2. The molecule has 0 saturated heterocycles. The molecule has 0 bridgehead atoms. The lowest BCUT2D eigenvalue weighted by atomic mass is 9.81. The molecule has 2 nitrogen and oxygen atoms in total. The highest BCUT2D eigenvalue weighted by molar-refractivity contribution is 5.26. The van der Waals surface area contributed by atoms with Gasteiger partial charge >= 0.3 is 0 Å². The molecule has 0 unspecified atom stereocenters. The van der Waals surface area contributed by atoms with Crippen molar-refractivity contribution >= 4 is 0 Å². The van der Waals surface area contributed by atoms with Gasteiger partial charge in [-0.05, 0) is 30.0 Å². The monoisotopic (exact) mass is 257 g/mol. The molecule has 1 N–H and O–H groups in total. The van der Waals surface area contributed by atoms with Crippen LogP contribution in [-0.4, -0.2) is 26.8 Å². The minimum Gasteiger partial charge on any atom is -0.383 e. The second-order valence-corrected chi connectivity index (χ2v) is 5.00. The van der Waals surface area contributed by atoms with E-state index in [0.29, 0.717) is 12.2 Å². The first-order chi connectivity index (χ1) is 8.47. The molecule has 0 aliphatic heterocycles. The zero-order chi connectivity index (χ0) is 13.6. The van der Waals surface area contributed by atoms with Crippen molar-refractivity contribution in [3.05, 3.63) is 35.4 Å². The number of rotatable bonds is 7. The topological polar surface area (TPSA) is 21.3 Å². The Morgan fingerprint density at radius 2 is 1.94 bits per heavy atom. The maximum atomic E-state index is 13.7. The maximum Gasteiger partial charge on any atom is 0.129 e. The molecule has 1 rings (SSSR count). The van der Waals surface area contributed by atoms with Crippen LogP contribution in [0, 0.1) is 11.6 Å². The Morgan fingerprint density at radius 3 is 2.56 bits per heavy atom. The maximum absolute atomic E-state index is 13.7. The van der Waals surface area contributed by atoms with Crippen molar-refractivity contribution in [1.29, 1.82) is 0 Å². The van der Waals surface area contributed by atoms with Crippen molar-refractivity contribution < 1.29 is 13.5 Å². The fourth-order valence-electron chi connectivity index (χ4n) is 1.87. The minimum atomic E-state index is -0.537. The highest BCUT2D eigenvalue weighted by Gasteiger charge is 2.23. The summed E-state index contributed by atoms with van der Waals surface area (Å²) in [6.45, 7) is 6.12. The molecular weight excluding hydrogens is 236 g/mol. The van der Waals surface area contributed by atoms with E-state index in [4.69, 9.17) is 4.74 Å². The summed E-state index contributed by atoms with van der Waals surface area (Å²) in [6.07, 6.45) is 0.777. The van der Waals surface area contributed by atoms with Crippen molar-refractivity contribution in [3.8, 4) is 0 Å². The summed E-state index contributed by atoms with van der Waals surface area (Å²) >= 11 is 0. The van der Waals surface area contributed by atoms with Crippen LogP contribution in [0.4, 0.5) is 8.78 Å². The van der Waals surface area contributed by atoms with Crippen LogP contribution in [0.1, 0.15) is 25.8 Å². The quantitative estimate of drug-likeness (QED) is 0.758. The first-order valence-electron chi connectivity index (χ1n) is 6.12. The molecule has 0 fully saturated rings. The fraction of sp³-hybridized carbons (Fsp3) is 0.571. The van der Waals surface area contributed by atoms with Crippen molar-refractivity contribution in [3.63, 3.8) is 0 Å². The van der Waals surface area contributed by atoms with Crippen LogP contribution in [0.5, 0.6) is 0 Å². The van der Waals surface area contributed by atoms with Gasteiger partial charge in [0.1, 0.15) is 11.6 Å². The Labute approximate surface area is 107 Å². The average Bonchev–Trinajstić information content (AvgIpc) is 2.28. The number of nitrogens with one attached hydrogen (secondary N) is 1. The summed E-state index contributed by atoms with van der Waals surface area (Å²) in [5.74, 6) is -1.01. The van der Waals surface area contributed by atoms with E-state index in [1.54, 1.807) is 7.11 Å². The third-order valence-electron chi connectivity index (χ3n) is 3.07. The van der Waals surface area contributed by atoms with Gasteiger partial charge in [0.15, 0.2) is 0 Å². The van der Waals surface area contributed by atoms with E-state index >= 15 is 0 Å². The van der Waals surface area contributed by atoms with E-state index in [1.165, 1.54) is 12.1 Å². The van der Waals surface area contributed by atoms with E-state index in [1.807, 2.05) is 13.8 Å². The van der Waals surface area contributed by atoms with Gasteiger partial charge in [-0.1, -0.05) is 19.9 Å². The number of methoxy groups -OCH3 is 1. The van der Waals surface area contributed by atoms with Crippen molar-refractivity contribution in [2.24, 2.45) is 0 Å². The van der Waals surface area contributed by atoms with E-state index < -0.39 is 11.6 Å². The Hall–Kier alpha value is -1.00. The van der Waals surface area contributed by atoms with Crippen LogP contribution < -0.4 is 5.32 Å². The molecule has 0 aromatic heterocycles. The first-order valence-corrected chi connectivity index (χ1v) is 6.12. The van der Waals surface area contributed by atoms with Gasteiger partial charge in [0.05, 0.1) is 6.61 Å². The first kappa shape index (κ1) is 15.1. The summed E-state index contributed by atoms with van der Waals surface area (Å²) in [5.41, 5.74) is 0.232. The predicted octanol–water partition coefficient (Wildman–Crippen LogP) is 2.87. The molecule has 0 saturated carbocycles. The minimum absolute atomic E-state index is 0.322. The summed E-state index contributed by atoms with van der Waals surface area (Å²) in [5, 5.41) is 3.22. The lowest BCUT2D eigenvalue weighted by molar-refractivity contribution is 0.198. The van der Waals surface area contributed by atoms with Crippen LogP contribution in [0.3, 0.4) is 0 Å². The Kier molecular flexibility index (Phi) is 5.69. The van der Waals surface area contributed by atoms with Crippen molar-refractivity contribution in [1.82, 2.24) is 5.32 Å². The average molecular weight is 257 g/mol. The third-order valence-corrected chi connectivity index (χ3v) is 3.07. The van der Waals surface area contributed by atoms with Crippen LogP contribution in [0.15, 0.2) is 18.2 Å². The Balaban J connectivity index is 2.56. The normalized spacial score (nSPS) is 11.8. The van der Waals surface area contributed by atoms with Crippen LogP contribution in [-0.2, 0) is 10.2 Å². The molecule has 102 valence electrons. The molecule has 4 heteroatoms. The fourth-order valence-corrected chi connectivity index (χ4v) is 1.87. The van der Waals surface area contributed by atoms with Gasteiger partial charge in [-0.15, -0.1) is 0 Å². The highest BCUT2D eigenvalue weighted by atomic mass is 19.1. The lowest BCUT2D eigenvalue weighted by Gasteiger charge is -2.26. The smallest absolute Gasteiger partial charge is 0.129 e. The van der Waals surface area contributed by atoms with E-state index in [9.17, 15) is 8.78 Å². The van der Waals surface area contributed by atoms with E-state index in [-0.39, 0.29) is 5.41 Å². The number of hydrogen-bond donors (Lipinski definition) is 1. The standard InChI is InChI=1S/C14H21F2NO/c1-14(2,6-7-17-8-9-18-3)12-5-4-11(15)10-13(12)16/h4-5,10,17H,6-9H2,1-3H3. The second kappa shape index (κ2) is 6.81. The molecule has 1 aromatic rings. The van der Waals surface area contributed by atoms with E-state index in [0.717, 1.165) is 25.6 Å². The number of halogens is 2. The largest absolute Gasteiger partial charge is 0.383 e. The van der Waals surface area contributed by atoms with Crippen molar-refractivity contribution in [2.45, 2.75) is 25.7 Å². The van der Waals surface area contributed by atoms with Crippen LogP contribution in [0.2, 0.25) is 0 Å². The van der Waals surface area contributed by atoms with Gasteiger partial charge in [-0.2, -0.15) is 0 Å². The van der Waals surface area contributed by atoms with Gasteiger partial charge < -0.3 is 10.1 Å². The molecule has 18 heavy (non-hydrogen) atoms. The van der Waals surface area contributed by atoms with Crippen LogP contribution >= 0.6 is 0 Å². The SMILES string of the molecule is COCCNCCC(C)(C)c1ccc(F)cc1F. The second-order valence-electron chi connectivity index (χ2n) is 5.00. The van der Waals surface area contributed by atoms with Crippen LogP contribution in [0.25, 0.3) is 0 Å². The number of benzene rings is 1. The zero-order valence-electron chi connectivity index (χ0n) is 11.2.